The molecule has 0 saturated heterocycles. The number of ether oxygens (including phenoxy) is 2. The quantitative estimate of drug-likeness (QED) is 0.378. The van der Waals surface area contributed by atoms with Gasteiger partial charge < -0.3 is 14.4 Å². The predicted molar refractivity (Wildman–Crippen MR) is 62.4 cm³/mol. The molecule has 0 unspecified atom stereocenters. The molecule has 0 heterocycles. The number of likely N-dealkylation sites (N-methyl/N-ethyl adjacent to an activating group) is 1. The normalized spacial score (nSPS) is 9.60. The second-order valence-corrected chi connectivity index (χ2v) is 3.33. The first-order valence-electron chi connectivity index (χ1n) is 4.59. The number of esters is 1. The van der Waals surface area contributed by atoms with Crippen LogP contribution in [0.1, 0.15) is 6.92 Å². The van der Waals surface area contributed by atoms with Crippen LogP contribution in [-0.2, 0) is 14.3 Å². The van der Waals surface area contributed by atoms with Gasteiger partial charge in [0.25, 0.3) is 0 Å². The van der Waals surface area contributed by atoms with E-state index >= 15 is 0 Å². The summed E-state index contributed by atoms with van der Waals surface area (Å²) in [6, 6.07) is 0. The number of nitrogens with zero attached hydrogens (tertiary/aromatic N) is 1. The lowest BCUT2D eigenvalue weighted by molar-refractivity contribution is -0.140. The molecule has 0 aliphatic rings. The summed E-state index contributed by atoms with van der Waals surface area (Å²) in [7, 11) is 3.95. The maximum atomic E-state index is 10.9. The van der Waals surface area contributed by atoms with E-state index in [0.29, 0.717) is 25.4 Å². The van der Waals surface area contributed by atoms with Crippen LogP contribution in [0.25, 0.3) is 0 Å². The van der Waals surface area contributed by atoms with Crippen molar-refractivity contribution in [2.75, 3.05) is 40.5 Å². The smallest absolute Gasteiger partial charge is 0.333 e. The Labute approximate surface area is 97.6 Å². The number of halogens is 1. The molecular weight excluding hydrogens is 218 g/mol. The van der Waals surface area contributed by atoms with Gasteiger partial charge in [-0.25, -0.2) is 4.79 Å². The van der Waals surface area contributed by atoms with E-state index in [4.69, 9.17) is 9.47 Å². The zero-order chi connectivity index (χ0) is 11.0. The van der Waals surface area contributed by atoms with Crippen LogP contribution in [0, 0.1) is 0 Å². The summed E-state index contributed by atoms with van der Waals surface area (Å²) >= 11 is 0. The molecule has 0 bridgehead atoms. The van der Waals surface area contributed by atoms with Gasteiger partial charge in [-0.3, -0.25) is 0 Å². The first-order chi connectivity index (χ1) is 6.54. The second-order valence-electron chi connectivity index (χ2n) is 3.33. The lowest BCUT2D eigenvalue weighted by Crippen LogP contribution is -2.19. The fraction of sp³-hybridized carbons (Fsp3) is 0.700. The summed E-state index contributed by atoms with van der Waals surface area (Å²) in [6.07, 6.45) is 0. The summed E-state index contributed by atoms with van der Waals surface area (Å²) in [6.45, 7) is 7.34. The first kappa shape index (κ1) is 16.8. The van der Waals surface area contributed by atoms with Gasteiger partial charge in [-0.2, -0.15) is 0 Å². The van der Waals surface area contributed by atoms with Crippen molar-refractivity contribution in [2.24, 2.45) is 0 Å². The van der Waals surface area contributed by atoms with E-state index in [1.165, 1.54) is 0 Å². The Balaban J connectivity index is 0. The van der Waals surface area contributed by atoms with Crippen LogP contribution < -0.4 is 0 Å². The maximum absolute atomic E-state index is 10.9. The largest absolute Gasteiger partial charge is 0.460 e. The highest BCUT2D eigenvalue weighted by molar-refractivity contribution is 5.86. The van der Waals surface area contributed by atoms with Crippen molar-refractivity contribution in [3.05, 3.63) is 12.2 Å². The molecule has 0 aliphatic heterocycles. The van der Waals surface area contributed by atoms with Crippen molar-refractivity contribution in [3.8, 4) is 0 Å². The monoisotopic (exact) mass is 237 g/mol. The number of hydrogen-bond acceptors (Lipinski definition) is 4. The molecule has 0 fully saturated rings. The number of rotatable bonds is 7. The van der Waals surface area contributed by atoms with Crippen molar-refractivity contribution in [1.82, 2.24) is 4.90 Å². The van der Waals surface area contributed by atoms with Crippen LogP contribution in [0.5, 0.6) is 0 Å². The lowest BCUT2D eigenvalue weighted by Gasteiger charge is -2.09. The van der Waals surface area contributed by atoms with Crippen LogP contribution in [0.2, 0.25) is 0 Å². The van der Waals surface area contributed by atoms with Gasteiger partial charge in [-0.1, -0.05) is 6.58 Å². The molecule has 0 spiro atoms. The SMILES string of the molecule is C=C(C)C(=O)OCCOCCN(C)C.Cl. The summed E-state index contributed by atoms with van der Waals surface area (Å²) in [5.41, 5.74) is 0.415. The molecule has 0 aromatic rings. The van der Waals surface area contributed by atoms with E-state index in [1.807, 2.05) is 19.0 Å². The zero-order valence-electron chi connectivity index (χ0n) is 9.62. The number of hydrogen-bond donors (Lipinski definition) is 0. The van der Waals surface area contributed by atoms with Gasteiger partial charge in [0.2, 0.25) is 0 Å². The van der Waals surface area contributed by atoms with E-state index in [-0.39, 0.29) is 18.4 Å². The molecule has 0 amide bonds. The average Bonchev–Trinajstić information content (AvgIpc) is 2.09. The molecular formula is C10H20ClNO3. The third-order valence-electron chi connectivity index (χ3n) is 1.49. The Morgan fingerprint density at radius 3 is 2.33 bits per heavy atom. The molecule has 0 atom stereocenters. The predicted octanol–water partition coefficient (Wildman–Crippen LogP) is 1.11. The van der Waals surface area contributed by atoms with Crippen LogP contribution in [0.3, 0.4) is 0 Å². The Hall–Kier alpha value is -0.580. The van der Waals surface area contributed by atoms with Gasteiger partial charge in [-0.05, 0) is 21.0 Å². The Morgan fingerprint density at radius 2 is 1.87 bits per heavy atom. The molecule has 0 N–H and O–H groups in total. The fourth-order valence-corrected chi connectivity index (χ4v) is 0.666. The van der Waals surface area contributed by atoms with E-state index in [0.717, 1.165) is 6.54 Å². The third kappa shape index (κ3) is 11.3. The molecule has 90 valence electrons. The van der Waals surface area contributed by atoms with E-state index in [9.17, 15) is 4.79 Å². The topological polar surface area (TPSA) is 38.8 Å². The van der Waals surface area contributed by atoms with Gasteiger partial charge in [0.1, 0.15) is 6.61 Å². The third-order valence-corrected chi connectivity index (χ3v) is 1.49. The van der Waals surface area contributed by atoms with Gasteiger partial charge in [-0.15, -0.1) is 12.4 Å². The van der Waals surface area contributed by atoms with Gasteiger partial charge in [0, 0.05) is 12.1 Å². The minimum absolute atomic E-state index is 0. The van der Waals surface area contributed by atoms with E-state index in [2.05, 4.69) is 6.58 Å². The average molecular weight is 238 g/mol. The van der Waals surface area contributed by atoms with Crippen molar-refractivity contribution >= 4 is 18.4 Å². The fourth-order valence-electron chi connectivity index (χ4n) is 0.666. The standard InChI is InChI=1S/C10H19NO3.ClH/c1-9(2)10(12)14-8-7-13-6-5-11(3)4;/h1,5-8H2,2-4H3;1H. The van der Waals surface area contributed by atoms with E-state index < -0.39 is 0 Å². The van der Waals surface area contributed by atoms with Gasteiger partial charge in [0.15, 0.2) is 0 Å². The summed E-state index contributed by atoms with van der Waals surface area (Å²) in [4.78, 5) is 12.9. The molecule has 0 aromatic heterocycles. The van der Waals surface area contributed by atoms with Crippen molar-refractivity contribution < 1.29 is 14.3 Å². The minimum Gasteiger partial charge on any atom is -0.460 e. The van der Waals surface area contributed by atoms with Crippen LogP contribution in [0.15, 0.2) is 12.2 Å². The summed E-state index contributed by atoms with van der Waals surface area (Å²) < 4.78 is 10.1. The van der Waals surface area contributed by atoms with Crippen molar-refractivity contribution in [2.45, 2.75) is 6.92 Å². The molecule has 0 saturated carbocycles. The molecule has 15 heavy (non-hydrogen) atoms. The highest BCUT2D eigenvalue weighted by Crippen LogP contribution is 1.91. The zero-order valence-corrected chi connectivity index (χ0v) is 10.4. The number of carbonyl (C=O) groups excluding carboxylic acids is 1. The van der Waals surface area contributed by atoms with Gasteiger partial charge >= 0.3 is 5.97 Å². The lowest BCUT2D eigenvalue weighted by atomic mass is 10.4. The first-order valence-corrected chi connectivity index (χ1v) is 4.59. The Kier molecular flexibility index (Phi) is 11.2. The summed E-state index contributed by atoms with van der Waals surface area (Å²) in [5, 5.41) is 0. The summed E-state index contributed by atoms with van der Waals surface area (Å²) in [5.74, 6) is -0.360. The van der Waals surface area contributed by atoms with Crippen molar-refractivity contribution in [1.29, 1.82) is 0 Å². The molecule has 0 radical (unpaired) electrons. The van der Waals surface area contributed by atoms with E-state index in [1.54, 1.807) is 6.92 Å². The van der Waals surface area contributed by atoms with Crippen LogP contribution in [-0.4, -0.2) is 51.3 Å². The number of carbonyl (C=O) groups is 1. The molecule has 0 aromatic carbocycles. The maximum Gasteiger partial charge on any atom is 0.333 e. The van der Waals surface area contributed by atoms with Gasteiger partial charge in [0.05, 0.1) is 13.2 Å². The van der Waals surface area contributed by atoms with Crippen molar-refractivity contribution in [3.63, 3.8) is 0 Å². The highest BCUT2D eigenvalue weighted by Gasteiger charge is 2.01. The highest BCUT2D eigenvalue weighted by atomic mass is 35.5. The Bertz CT molecular complexity index is 195. The molecule has 5 heteroatoms. The molecule has 4 nitrogen and oxygen atoms in total. The second kappa shape index (κ2) is 9.96. The Morgan fingerprint density at radius 1 is 1.27 bits per heavy atom. The molecule has 0 aliphatic carbocycles. The minimum atomic E-state index is -0.360. The van der Waals surface area contributed by atoms with Crippen LogP contribution >= 0.6 is 12.4 Å². The van der Waals surface area contributed by atoms with Crippen LogP contribution in [0.4, 0.5) is 0 Å². The molecule has 0 rings (SSSR count).